The Morgan fingerprint density at radius 2 is 1.53 bits per heavy atom. The zero-order valence-corrected chi connectivity index (χ0v) is 22.5. The summed E-state index contributed by atoms with van der Waals surface area (Å²) < 4.78 is 2.12. The van der Waals surface area contributed by atoms with Crippen LogP contribution < -0.4 is 10.6 Å². The number of thiazole rings is 2. The number of carbonyl (C=O) groups excluding carboxylic acids is 2. The largest absolute Gasteiger partial charge is 0.352 e. The Morgan fingerprint density at radius 3 is 2.22 bits per heavy atom. The maximum Gasteiger partial charge on any atom is 0.242 e. The number of rotatable bonds is 6. The molecule has 1 aromatic carbocycles. The molecule has 3 heterocycles. The molecule has 0 radical (unpaired) electrons. The molecule has 0 unspecified atom stereocenters. The molecule has 2 N–H and O–H groups in total. The van der Waals surface area contributed by atoms with Gasteiger partial charge in [-0.25, -0.2) is 9.97 Å². The SMILES string of the molecule is Cc1c2nc(NCC(=O)N3CCN(C4CCCC4)CC3)sc2cc2sc(NC(=O)C3CCCC3)nc12. The Balaban J connectivity index is 1.08. The van der Waals surface area contributed by atoms with Crippen LogP contribution in [0, 0.1) is 12.8 Å². The van der Waals surface area contributed by atoms with Gasteiger partial charge in [0.2, 0.25) is 11.8 Å². The van der Waals surface area contributed by atoms with Crippen molar-refractivity contribution in [3.05, 3.63) is 11.6 Å². The van der Waals surface area contributed by atoms with E-state index in [1.165, 1.54) is 37.0 Å². The highest BCUT2D eigenvalue weighted by atomic mass is 32.1. The Bertz CT molecular complexity index is 1270. The first-order chi connectivity index (χ1) is 17.5. The summed E-state index contributed by atoms with van der Waals surface area (Å²) >= 11 is 3.09. The number of nitrogens with zero attached hydrogens (tertiary/aromatic N) is 4. The van der Waals surface area contributed by atoms with Crippen LogP contribution in [0.2, 0.25) is 0 Å². The molecule has 2 aliphatic carbocycles. The predicted molar refractivity (Wildman–Crippen MR) is 147 cm³/mol. The first-order valence-corrected chi connectivity index (χ1v) is 15.0. The minimum Gasteiger partial charge on any atom is -0.352 e. The van der Waals surface area contributed by atoms with E-state index in [1.807, 2.05) is 11.8 Å². The molecule has 8 nitrogen and oxygen atoms in total. The van der Waals surface area contributed by atoms with E-state index in [4.69, 9.17) is 9.97 Å². The Kier molecular flexibility index (Phi) is 6.83. The van der Waals surface area contributed by atoms with Crippen LogP contribution in [0.15, 0.2) is 6.07 Å². The van der Waals surface area contributed by atoms with Gasteiger partial charge in [0.1, 0.15) is 0 Å². The number of fused-ring (bicyclic) bond motifs is 2. The molecule has 0 atom stereocenters. The third kappa shape index (κ3) is 4.82. The van der Waals surface area contributed by atoms with Gasteiger partial charge < -0.3 is 15.5 Å². The lowest BCUT2D eigenvalue weighted by atomic mass is 10.1. The third-order valence-electron chi connectivity index (χ3n) is 8.13. The third-order valence-corrected chi connectivity index (χ3v) is 10.0. The number of hydrogen-bond donors (Lipinski definition) is 2. The molecule has 6 rings (SSSR count). The molecule has 36 heavy (non-hydrogen) atoms. The van der Waals surface area contributed by atoms with Gasteiger partial charge in [0.05, 0.1) is 27.0 Å². The van der Waals surface area contributed by atoms with E-state index in [-0.39, 0.29) is 24.3 Å². The van der Waals surface area contributed by atoms with Gasteiger partial charge >= 0.3 is 0 Å². The lowest BCUT2D eigenvalue weighted by Crippen LogP contribution is -2.52. The van der Waals surface area contributed by atoms with E-state index in [9.17, 15) is 9.59 Å². The molecular formula is C26H34N6O2S2. The van der Waals surface area contributed by atoms with Crippen LogP contribution in [-0.2, 0) is 9.59 Å². The highest BCUT2D eigenvalue weighted by Crippen LogP contribution is 2.37. The summed E-state index contributed by atoms with van der Waals surface area (Å²) in [6.07, 6.45) is 9.56. The second-order valence-corrected chi connectivity index (χ2v) is 12.5. The monoisotopic (exact) mass is 526 g/mol. The first kappa shape index (κ1) is 24.1. The molecule has 2 amide bonds. The molecule has 1 saturated heterocycles. The minimum atomic E-state index is 0.0975. The number of nitrogens with one attached hydrogen (secondary N) is 2. The fourth-order valence-corrected chi connectivity index (χ4v) is 8.03. The predicted octanol–water partition coefficient (Wildman–Crippen LogP) is 4.84. The summed E-state index contributed by atoms with van der Waals surface area (Å²) in [6.45, 7) is 5.92. The van der Waals surface area contributed by atoms with Crippen LogP contribution in [0.4, 0.5) is 10.3 Å². The molecule has 0 bridgehead atoms. The van der Waals surface area contributed by atoms with Gasteiger partial charge in [-0.15, -0.1) is 0 Å². The smallest absolute Gasteiger partial charge is 0.242 e. The molecule has 2 saturated carbocycles. The number of amides is 2. The van der Waals surface area contributed by atoms with Crippen molar-refractivity contribution in [2.24, 2.45) is 5.92 Å². The topological polar surface area (TPSA) is 90.5 Å². The summed E-state index contributed by atoms with van der Waals surface area (Å²) in [5, 5.41) is 7.73. The zero-order valence-electron chi connectivity index (χ0n) is 20.8. The average Bonchev–Trinajstić information content (AvgIpc) is 3.69. The van der Waals surface area contributed by atoms with Crippen molar-refractivity contribution < 1.29 is 9.59 Å². The van der Waals surface area contributed by atoms with Gasteiger partial charge in [0.15, 0.2) is 10.3 Å². The average molecular weight is 527 g/mol. The highest BCUT2D eigenvalue weighted by molar-refractivity contribution is 7.24. The summed E-state index contributed by atoms with van der Waals surface area (Å²) in [4.78, 5) is 39.4. The lowest BCUT2D eigenvalue weighted by Gasteiger charge is -2.38. The Labute approximate surface area is 219 Å². The molecule has 192 valence electrons. The lowest BCUT2D eigenvalue weighted by molar-refractivity contribution is -0.131. The number of hydrogen-bond acceptors (Lipinski definition) is 8. The van der Waals surface area contributed by atoms with E-state index >= 15 is 0 Å². The van der Waals surface area contributed by atoms with E-state index in [0.29, 0.717) is 5.13 Å². The molecular weight excluding hydrogens is 492 g/mol. The van der Waals surface area contributed by atoms with Gasteiger partial charge in [0.25, 0.3) is 0 Å². The molecule has 2 aromatic heterocycles. The van der Waals surface area contributed by atoms with Crippen LogP contribution in [-0.4, -0.2) is 70.3 Å². The van der Waals surface area contributed by atoms with Gasteiger partial charge in [-0.05, 0) is 38.7 Å². The zero-order chi connectivity index (χ0) is 24.6. The van der Waals surface area contributed by atoms with E-state index in [2.05, 4.69) is 21.6 Å². The molecule has 0 spiro atoms. The summed E-state index contributed by atoms with van der Waals surface area (Å²) in [5.41, 5.74) is 2.81. The normalized spacial score (nSPS) is 20.1. The molecule has 1 aliphatic heterocycles. The van der Waals surface area contributed by atoms with Gasteiger partial charge in [0, 0.05) is 43.7 Å². The maximum atomic E-state index is 12.8. The fraction of sp³-hybridized carbons (Fsp3) is 0.615. The number of aryl methyl sites for hydroxylation is 1. The number of aromatic nitrogens is 2. The quantitative estimate of drug-likeness (QED) is 0.478. The minimum absolute atomic E-state index is 0.0975. The van der Waals surface area contributed by atoms with Crippen LogP contribution in [0.5, 0.6) is 0 Å². The van der Waals surface area contributed by atoms with Crippen molar-refractivity contribution in [2.45, 2.75) is 64.3 Å². The van der Waals surface area contributed by atoms with Crippen LogP contribution in [0.25, 0.3) is 20.4 Å². The standard InChI is InChI=1S/C26H34N6O2S2/c1-16-22-19(14-20-23(16)29-26(36-20)30-24(34)17-6-2-3-7-17)35-25(28-22)27-15-21(33)32-12-10-31(11-13-32)18-8-4-5-9-18/h14,17-18H,2-13,15H2,1H3,(H,27,28)(H,29,30,34). The first-order valence-electron chi connectivity index (χ1n) is 13.3. The number of anilines is 2. The van der Waals surface area contributed by atoms with Crippen molar-refractivity contribution in [3.63, 3.8) is 0 Å². The second-order valence-electron chi connectivity index (χ2n) is 10.4. The number of benzene rings is 1. The Hall–Kier alpha value is -2.30. The van der Waals surface area contributed by atoms with E-state index in [0.717, 1.165) is 89.0 Å². The molecule has 10 heteroatoms. The van der Waals surface area contributed by atoms with Crippen molar-refractivity contribution in [2.75, 3.05) is 43.4 Å². The van der Waals surface area contributed by atoms with Crippen LogP contribution in [0.1, 0.15) is 56.9 Å². The van der Waals surface area contributed by atoms with E-state index in [1.54, 1.807) is 11.3 Å². The summed E-state index contributed by atoms with van der Waals surface area (Å²) in [6, 6.07) is 2.84. The van der Waals surface area contributed by atoms with Gasteiger partial charge in [-0.2, -0.15) is 0 Å². The Morgan fingerprint density at radius 1 is 0.917 bits per heavy atom. The van der Waals surface area contributed by atoms with Crippen molar-refractivity contribution in [1.29, 1.82) is 0 Å². The highest BCUT2D eigenvalue weighted by Gasteiger charge is 2.28. The van der Waals surface area contributed by atoms with Crippen molar-refractivity contribution >= 4 is 65.2 Å². The van der Waals surface area contributed by atoms with Gasteiger partial charge in [-0.1, -0.05) is 48.4 Å². The molecule has 3 aliphatic rings. The number of piperazine rings is 1. The van der Waals surface area contributed by atoms with Crippen LogP contribution >= 0.6 is 22.7 Å². The molecule has 3 fully saturated rings. The fourth-order valence-electron chi connectivity index (χ4n) is 6.02. The molecule has 3 aromatic rings. The maximum absolute atomic E-state index is 12.8. The summed E-state index contributed by atoms with van der Waals surface area (Å²) in [7, 11) is 0. The van der Waals surface area contributed by atoms with Gasteiger partial charge in [-0.3, -0.25) is 14.5 Å². The second kappa shape index (κ2) is 10.2. The number of carbonyl (C=O) groups is 2. The van der Waals surface area contributed by atoms with Crippen molar-refractivity contribution in [1.82, 2.24) is 19.8 Å². The van der Waals surface area contributed by atoms with Crippen molar-refractivity contribution in [3.8, 4) is 0 Å². The van der Waals surface area contributed by atoms with Crippen LogP contribution in [0.3, 0.4) is 0 Å². The van der Waals surface area contributed by atoms with E-state index < -0.39 is 0 Å². The summed E-state index contributed by atoms with van der Waals surface area (Å²) in [5.74, 6) is 0.360.